The van der Waals surface area contributed by atoms with E-state index in [2.05, 4.69) is 5.32 Å². The van der Waals surface area contributed by atoms with Crippen molar-refractivity contribution in [2.24, 2.45) is 0 Å². The number of hydrogen-bond donors (Lipinski definition) is 2. The number of amides is 2. The molecule has 1 unspecified atom stereocenters. The van der Waals surface area contributed by atoms with Crippen LogP contribution in [0.15, 0.2) is 24.3 Å². The number of benzene rings is 1. The van der Waals surface area contributed by atoms with Crippen LogP contribution in [0.2, 0.25) is 0 Å². The maximum atomic E-state index is 12.0. The van der Waals surface area contributed by atoms with Gasteiger partial charge in [0.15, 0.2) is 6.10 Å². The van der Waals surface area contributed by atoms with Crippen molar-refractivity contribution in [3.63, 3.8) is 0 Å². The van der Waals surface area contributed by atoms with Gasteiger partial charge in [0.1, 0.15) is 6.54 Å². The zero-order valence-corrected chi connectivity index (χ0v) is 13.1. The summed E-state index contributed by atoms with van der Waals surface area (Å²) in [6.07, 6.45) is -5.90. The van der Waals surface area contributed by atoms with Gasteiger partial charge in [0.25, 0.3) is 5.91 Å². The zero-order valence-electron chi connectivity index (χ0n) is 13.1. The summed E-state index contributed by atoms with van der Waals surface area (Å²) in [5.41, 5.74) is 0.884. The van der Waals surface area contributed by atoms with E-state index < -0.39 is 30.7 Å². The normalized spacial score (nSPS) is 12.2. The fourth-order valence-electron chi connectivity index (χ4n) is 1.60. The highest BCUT2D eigenvalue weighted by atomic mass is 19.4. The Balaban J connectivity index is 2.54. The average molecular weight is 346 g/mol. The standard InChI is InChI=1S/C15H17F3N2O4/c1-9(13(22)20-8-15(16,17)18)24-14(23)12-5-3-11(4-6-12)7-19-10(2)21/h3-6,9H,7-8H2,1-2H3,(H,19,21)(H,20,22). The van der Waals surface area contributed by atoms with Gasteiger partial charge < -0.3 is 15.4 Å². The molecule has 0 aliphatic heterocycles. The van der Waals surface area contributed by atoms with E-state index >= 15 is 0 Å². The first-order valence-electron chi connectivity index (χ1n) is 6.97. The summed E-state index contributed by atoms with van der Waals surface area (Å²) in [7, 11) is 0. The molecule has 0 saturated carbocycles. The summed E-state index contributed by atoms with van der Waals surface area (Å²) < 4.78 is 40.8. The first-order valence-corrected chi connectivity index (χ1v) is 6.97. The molecule has 0 radical (unpaired) electrons. The first-order chi connectivity index (χ1) is 11.1. The lowest BCUT2D eigenvalue weighted by molar-refractivity contribution is -0.143. The fraction of sp³-hybridized carbons (Fsp3) is 0.400. The van der Waals surface area contributed by atoms with E-state index in [-0.39, 0.29) is 11.5 Å². The molecule has 0 aliphatic carbocycles. The maximum absolute atomic E-state index is 12.0. The predicted molar refractivity (Wildman–Crippen MR) is 77.9 cm³/mol. The van der Waals surface area contributed by atoms with E-state index in [1.165, 1.54) is 26.0 Å². The lowest BCUT2D eigenvalue weighted by Gasteiger charge is -2.14. The van der Waals surface area contributed by atoms with E-state index in [1.807, 2.05) is 0 Å². The Bertz CT molecular complexity index is 600. The van der Waals surface area contributed by atoms with Crippen molar-refractivity contribution < 1.29 is 32.3 Å². The Morgan fingerprint density at radius 1 is 1.12 bits per heavy atom. The molecule has 0 aliphatic rings. The predicted octanol–water partition coefficient (Wildman–Crippen LogP) is 1.55. The summed E-state index contributed by atoms with van der Waals surface area (Å²) in [5.74, 6) is -2.07. The van der Waals surface area contributed by atoms with Crippen LogP contribution >= 0.6 is 0 Å². The van der Waals surface area contributed by atoms with Crippen molar-refractivity contribution in [2.45, 2.75) is 32.7 Å². The average Bonchev–Trinajstić information content (AvgIpc) is 2.50. The van der Waals surface area contributed by atoms with Gasteiger partial charge in [-0.1, -0.05) is 12.1 Å². The molecule has 2 amide bonds. The van der Waals surface area contributed by atoms with Crippen LogP contribution in [0, 0.1) is 0 Å². The molecule has 0 fully saturated rings. The minimum absolute atomic E-state index is 0.136. The summed E-state index contributed by atoms with van der Waals surface area (Å²) >= 11 is 0. The van der Waals surface area contributed by atoms with Crippen molar-refractivity contribution in [3.05, 3.63) is 35.4 Å². The van der Waals surface area contributed by atoms with Crippen molar-refractivity contribution in [1.29, 1.82) is 0 Å². The van der Waals surface area contributed by atoms with Crippen molar-refractivity contribution in [2.75, 3.05) is 6.54 Å². The van der Waals surface area contributed by atoms with Crippen molar-refractivity contribution >= 4 is 17.8 Å². The van der Waals surface area contributed by atoms with Crippen LogP contribution in [0.25, 0.3) is 0 Å². The number of nitrogens with one attached hydrogen (secondary N) is 2. The molecule has 0 spiro atoms. The summed E-state index contributed by atoms with van der Waals surface area (Å²) in [6.45, 7) is 1.35. The van der Waals surface area contributed by atoms with Crippen molar-refractivity contribution in [1.82, 2.24) is 10.6 Å². The van der Waals surface area contributed by atoms with Crippen LogP contribution in [0.5, 0.6) is 0 Å². The molecule has 6 nitrogen and oxygen atoms in total. The molecule has 0 aromatic heterocycles. The molecule has 24 heavy (non-hydrogen) atoms. The second-order valence-electron chi connectivity index (χ2n) is 4.99. The summed E-state index contributed by atoms with van der Waals surface area (Å²) in [5, 5.41) is 4.22. The molecule has 0 heterocycles. The Kier molecular flexibility index (Phi) is 6.75. The Labute approximate surface area is 136 Å². The number of carbonyl (C=O) groups excluding carboxylic acids is 3. The van der Waals surface area contributed by atoms with Gasteiger partial charge in [0.2, 0.25) is 5.91 Å². The van der Waals surface area contributed by atoms with E-state index in [9.17, 15) is 27.6 Å². The molecule has 0 saturated heterocycles. The maximum Gasteiger partial charge on any atom is 0.405 e. The van der Waals surface area contributed by atoms with Gasteiger partial charge in [-0.15, -0.1) is 0 Å². The lowest BCUT2D eigenvalue weighted by atomic mass is 10.1. The van der Waals surface area contributed by atoms with Crippen LogP contribution in [-0.2, 0) is 20.9 Å². The second kappa shape index (κ2) is 8.32. The number of rotatable bonds is 6. The quantitative estimate of drug-likeness (QED) is 0.766. The van der Waals surface area contributed by atoms with Crippen molar-refractivity contribution in [3.8, 4) is 0 Å². The third-order valence-corrected chi connectivity index (χ3v) is 2.85. The van der Waals surface area contributed by atoms with E-state index in [0.717, 1.165) is 5.56 Å². The molecule has 1 atom stereocenters. The Hall–Kier alpha value is -2.58. The highest BCUT2D eigenvalue weighted by Gasteiger charge is 2.29. The fourth-order valence-corrected chi connectivity index (χ4v) is 1.60. The van der Waals surface area contributed by atoms with Gasteiger partial charge >= 0.3 is 12.1 Å². The topological polar surface area (TPSA) is 84.5 Å². The molecule has 1 aromatic rings. The minimum Gasteiger partial charge on any atom is -0.449 e. The molecular weight excluding hydrogens is 329 g/mol. The van der Waals surface area contributed by atoms with Crippen LogP contribution in [-0.4, -0.2) is 36.6 Å². The third-order valence-electron chi connectivity index (χ3n) is 2.85. The molecule has 9 heteroatoms. The largest absolute Gasteiger partial charge is 0.449 e. The van der Waals surface area contributed by atoms with Gasteiger partial charge in [-0.3, -0.25) is 9.59 Å². The van der Waals surface area contributed by atoms with Gasteiger partial charge in [-0.2, -0.15) is 13.2 Å². The Morgan fingerprint density at radius 3 is 2.21 bits per heavy atom. The molecule has 0 bridgehead atoms. The molecule has 132 valence electrons. The molecule has 1 rings (SSSR count). The number of halogens is 3. The van der Waals surface area contributed by atoms with Crippen LogP contribution in [0.4, 0.5) is 13.2 Å². The minimum atomic E-state index is -4.54. The molecule has 1 aromatic carbocycles. The number of esters is 1. The molecular formula is C15H17F3N2O4. The second-order valence-corrected chi connectivity index (χ2v) is 4.99. The monoisotopic (exact) mass is 346 g/mol. The number of alkyl halides is 3. The van der Waals surface area contributed by atoms with Gasteiger partial charge in [-0.25, -0.2) is 4.79 Å². The third kappa shape index (κ3) is 7.12. The van der Waals surface area contributed by atoms with Gasteiger partial charge in [-0.05, 0) is 24.6 Å². The highest BCUT2D eigenvalue weighted by Crippen LogP contribution is 2.12. The van der Waals surface area contributed by atoms with Crippen LogP contribution in [0.3, 0.4) is 0 Å². The van der Waals surface area contributed by atoms with Crippen LogP contribution in [0.1, 0.15) is 29.8 Å². The number of carbonyl (C=O) groups is 3. The highest BCUT2D eigenvalue weighted by molar-refractivity contribution is 5.92. The van der Waals surface area contributed by atoms with Gasteiger partial charge in [0.05, 0.1) is 5.56 Å². The van der Waals surface area contributed by atoms with Crippen LogP contribution < -0.4 is 10.6 Å². The number of ether oxygens (including phenoxy) is 1. The lowest BCUT2D eigenvalue weighted by Crippen LogP contribution is -2.40. The van der Waals surface area contributed by atoms with Gasteiger partial charge in [0, 0.05) is 13.5 Å². The van der Waals surface area contributed by atoms with E-state index in [1.54, 1.807) is 17.4 Å². The van der Waals surface area contributed by atoms with E-state index in [4.69, 9.17) is 4.74 Å². The number of hydrogen-bond acceptors (Lipinski definition) is 4. The summed E-state index contributed by atoms with van der Waals surface area (Å²) in [4.78, 5) is 34.1. The first kappa shape index (κ1) is 19.5. The summed E-state index contributed by atoms with van der Waals surface area (Å²) in [6, 6.07) is 6.03. The SMILES string of the molecule is CC(=O)NCc1ccc(C(=O)OC(C)C(=O)NCC(F)(F)F)cc1. The smallest absolute Gasteiger partial charge is 0.405 e. The van der Waals surface area contributed by atoms with E-state index in [0.29, 0.717) is 6.54 Å². The Morgan fingerprint density at radius 2 is 1.71 bits per heavy atom. The zero-order chi connectivity index (χ0) is 18.3. The molecule has 2 N–H and O–H groups in total.